The first-order valence-corrected chi connectivity index (χ1v) is 12.3. The minimum Gasteiger partial charge on any atom is -0.389 e. The van der Waals surface area contributed by atoms with Gasteiger partial charge in [-0.25, -0.2) is 19.2 Å². The molecule has 1 unspecified atom stereocenters. The van der Waals surface area contributed by atoms with Crippen molar-refractivity contribution < 1.29 is 14.3 Å². The minimum absolute atomic E-state index is 0.0270. The Labute approximate surface area is 208 Å². The van der Waals surface area contributed by atoms with Gasteiger partial charge in [0.05, 0.1) is 23.6 Å². The van der Waals surface area contributed by atoms with Gasteiger partial charge in [0.15, 0.2) is 5.82 Å². The summed E-state index contributed by atoms with van der Waals surface area (Å²) in [5.41, 5.74) is 0.230. The normalized spacial score (nSPS) is 22.7. The lowest BCUT2D eigenvalue weighted by Gasteiger charge is -2.43. The van der Waals surface area contributed by atoms with Gasteiger partial charge in [0, 0.05) is 49.6 Å². The van der Waals surface area contributed by atoms with Crippen LogP contribution in [0.25, 0.3) is 10.9 Å². The van der Waals surface area contributed by atoms with Crippen LogP contribution in [0.3, 0.4) is 0 Å². The average molecular weight is 498 g/mol. The molecule has 5 heterocycles. The Morgan fingerprint density at radius 3 is 2.83 bits per heavy atom. The number of hydrogen-bond donors (Lipinski definition) is 3. The summed E-state index contributed by atoms with van der Waals surface area (Å²) in [6, 6.07) is 3.58. The SMILES string of the molecule is CCC(C)n1nc(N2CCNC2=O)c2cnc(Nc3ccnc(N4C[C@@H](F)[C@@H](O)C(C)(C)C4)n3)cc21. The number of carbonyl (C=O) groups is 1. The van der Waals surface area contributed by atoms with E-state index in [-0.39, 0.29) is 18.6 Å². The molecular weight excluding hydrogens is 465 g/mol. The van der Waals surface area contributed by atoms with Gasteiger partial charge in [-0.2, -0.15) is 10.1 Å². The van der Waals surface area contributed by atoms with Crippen molar-refractivity contribution >= 4 is 40.3 Å². The maximum Gasteiger partial charge on any atom is 0.323 e. The zero-order chi connectivity index (χ0) is 25.6. The molecule has 0 radical (unpaired) electrons. The van der Waals surface area contributed by atoms with E-state index < -0.39 is 17.7 Å². The van der Waals surface area contributed by atoms with E-state index in [9.17, 15) is 14.3 Å². The number of anilines is 4. The van der Waals surface area contributed by atoms with Crippen LogP contribution >= 0.6 is 0 Å². The summed E-state index contributed by atoms with van der Waals surface area (Å²) < 4.78 is 16.4. The van der Waals surface area contributed by atoms with Crippen LogP contribution in [0, 0.1) is 5.41 Å². The second kappa shape index (κ2) is 9.16. The Morgan fingerprint density at radius 2 is 2.14 bits per heavy atom. The van der Waals surface area contributed by atoms with Gasteiger partial charge in [-0.05, 0) is 19.4 Å². The molecule has 192 valence electrons. The Morgan fingerprint density at radius 1 is 1.33 bits per heavy atom. The Balaban J connectivity index is 1.44. The number of pyridine rings is 1. The van der Waals surface area contributed by atoms with Gasteiger partial charge in [0.2, 0.25) is 5.95 Å². The number of piperidine rings is 1. The van der Waals surface area contributed by atoms with Crippen molar-refractivity contribution in [2.75, 3.05) is 41.3 Å². The molecule has 12 heteroatoms. The highest BCUT2D eigenvalue weighted by molar-refractivity contribution is 6.02. The van der Waals surface area contributed by atoms with Gasteiger partial charge in [-0.1, -0.05) is 20.8 Å². The highest BCUT2D eigenvalue weighted by Crippen LogP contribution is 2.34. The number of halogens is 1. The van der Waals surface area contributed by atoms with Crippen molar-refractivity contribution in [1.29, 1.82) is 0 Å². The second-order valence-electron chi connectivity index (χ2n) is 10.2. The molecular formula is C24H32FN9O2. The smallest absolute Gasteiger partial charge is 0.323 e. The topological polar surface area (TPSA) is 124 Å². The summed E-state index contributed by atoms with van der Waals surface area (Å²) in [5, 5.41) is 21.8. The average Bonchev–Trinajstić information content (AvgIpc) is 3.44. The van der Waals surface area contributed by atoms with E-state index in [0.29, 0.717) is 43.0 Å². The Bertz CT molecular complexity index is 1280. The number of nitrogens with zero attached hydrogens (tertiary/aromatic N) is 7. The van der Waals surface area contributed by atoms with Crippen LogP contribution in [0.15, 0.2) is 24.5 Å². The molecule has 2 aliphatic heterocycles. The number of aliphatic hydroxyl groups excluding tert-OH is 1. The molecule has 36 heavy (non-hydrogen) atoms. The predicted molar refractivity (Wildman–Crippen MR) is 135 cm³/mol. The monoisotopic (exact) mass is 497 g/mol. The first-order chi connectivity index (χ1) is 17.2. The molecule has 2 fully saturated rings. The zero-order valence-corrected chi connectivity index (χ0v) is 20.9. The number of amides is 2. The van der Waals surface area contributed by atoms with Crippen LogP contribution in [0.4, 0.5) is 32.6 Å². The van der Waals surface area contributed by atoms with Crippen molar-refractivity contribution in [3.63, 3.8) is 0 Å². The van der Waals surface area contributed by atoms with E-state index in [1.807, 2.05) is 24.6 Å². The largest absolute Gasteiger partial charge is 0.389 e. The summed E-state index contributed by atoms with van der Waals surface area (Å²) in [5.74, 6) is 2.06. The van der Waals surface area contributed by atoms with E-state index >= 15 is 0 Å². The molecule has 0 aromatic carbocycles. The third kappa shape index (κ3) is 4.29. The molecule has 0 aliphatic carbocycles. The molecule has 3 aromatic heterocycles. The van der Waals surface area contributed by atoms with E-state index in [4.69, 9.17) is 5.10 Å². The summed E-state index contributed by atoms with van der Waals surface area (Å²) in [6.07, 6.45) is 1.79. The van der Waals surface area contributed by atoms with Crippen LogP contribution in [0.2, 0.25) is 0 Å². The third-order valence-electron chi connectivity index (χ3n) is 7.01. The third-order valence-corrected chi connectivity index (χ3v) is 7.01. The standard InChI is InChI=1S/C24H32FN9O2/c1-5-14(2)34-17-10-19(28-11-15(17)21(31-34)33-9-8-27-23(33)36)29-18-6-7-26-22(30-18)32-12-16(25)20(35)24(3,4)13-32/h6-7,10-11,14,16,20,35H,5,8-9,12-13H2,1-4H3,(H,27,36)(H,26,28,29,30)/t14?,16-,20-/m1/s1. The van der Waals surface area contributed by atoms with Gasteiger partial charge in [0.1, 0.15) is 17.8 Å². The van der Waals surface area contributed by atoms with Crippen molar-refractivity contribution in [1.82, 2.24) is 30.0 Å². The van der Waals surface area contributed by atoms with Crippen LogP contribution in [-0.4, -0.2) is 74.3 Å². The van der Waals surface area contributed by atoms with Gasteiger partial charge < -0.3 is 20.6 Å². The van der Waals surface area contributed by atoms with E-state index in [0.717, 1.165) is 17.3 Å². The highest BCUT2D eigenvalue weighted by atomic mass is 19.1. The number of alkyl halides is 1. The number of aromatic nitrogens is 5. The summed E-state index contributed by atoms with van der Waals surface area (Å²) in [4.78, 5) is 29.2. The van der Waals surface area contributed by atoms with Crippen LogP contribution < -0.4 is 20.4 Å². The van der Waals surface area contributed by atoms with Crippen molar-refractivity contribution in [3.8, 4) is 0 Å². The number of carbonyl (C=O) groups excluding carboxylic acids is 1. The van der Waals surface area contributed by atoms with Crippen LogP contribution in [-0.2, 0) is 0 Å². The molecule has 3 aromatic rings. The number of aliphatic hydroxyl groups is 1. The number of urea groups is 1. The van der Waals surface area contributed by atoms with E-state index in [2.05, 4.69) is 39.4 Å². The number of nitrogens with one attached hydrogen (secondary N) is 2. The molecule has 2 amide bonds. The highest BCUT2D eigenvalue weighted by Gasteiger charge is 2.42. The fourth-order valence-electron chi connectivity index (χ4n) is 4.77. The number of fused-ring (bicyclic) bond motifs is 1. The fourth-order valence-corrected chi connectivity index (χ4v) is 4.77. The fraction of sp³-hybridized carbons (Fsp3) is 0.542. The van der Waals surface area contributed by atoms with Gasteiger partial charge in [0.25, 0.3) is 0 Å². The predicted octanol–water partition coefficient (Wildman–Crippen LogP) is 3.01. The minimum atomic E-state index is -1.38. The first-order valence-electron chi connectivity index (χ1n) is 12.3. The Hall–Kier alpha value is -3.54. The Kier molecular flexibility index (Phi) is 6.15. The summed E-state index contributed by atoms with van der Waals surface area (Å²) in [7, 11) is 0. The lowest BCUT2D eigenvalue weighted by molar-refractivity contribution is -0.0257. The second-order valence-corrected chi connectivity index (χ2v) is 10.2. The number of rotatable bonds is 6. The maximum absolute atomic E-state index is 14.5. The lowest BCUT2D eigenvalue weighted by Crippen LogP contribution is -2.55. The summed E-state index contributed by atoms with van der Waals surface area (Å²) in [6.45, 7) is 9.43. The van der Waals surface area contributed by atoms with Gasteiger partial charge in [-0.15, -0.1) is 0 Å². The molecule has 0 spiro atoms. The molecule has 0 saturated carbocycles. The molecule has 11 nitrogen and oxygen atoms in total. The van der Waals surface area contributed by atoms with Crippen molar-refractivity contribution in [2.45, 2.75) is 52.4 Å². The first kappa shape index (κ1) is 24.2. The van der Waals surface area contributed by atoms with Gasteiger partial charge in [-0.3, -0.25) is 9.58 Å². The zero-order valence-electron chi connectivity index (χ0n) is 20.9. The quantitative estimate of drug-likeness (QED) is 0.475. The van der Waals surface area contributed by atoms with Crippen molar-refractivity contribution in [3.05, 3.63) is 24.5 Å². The molecule has 2 saturated heterocycles. The summed E-state index contributed by atoms with van der Waals surface area (Å²) >= 11 is 0. The van der Waals surface area contributed by atoms with E-state index in [1.165, 1.54) is 0 Å². The van der Waals surface area contributed by atoms with Gasteiger partial charge >= 0.3 is 6.03 Å². The molecule has 5 rings (SSSR count). The maximum atomic E-state index is 14.5. The van der Waals surface area contributed by atoms with Crippen LogP contribution in [0.1, 0.15) is 40.2 Å². The lowest BCUT2D eigenvalue weighted by atomic mass is 9.80. The van der Waals surface area contributed by atoms with Crippen molar-refractivity contribution in [2.24, 2.45) is 5.41 Å². The van der Waals surface area contributed by atoms with Crippen LogP contribution in [0.5, 0.6) is 0 Å². The molecule has 3 atom stereocenters. The molecule has 2 aliphatic rings. The molecule has 0 bridgehead atoms. The number of hydrogen-bond acceptors (Lipinski definition) is 8. The van der Waals surface area contributed by atoms with E-state index in [1.54, 1.807) is 28.3 Å². The molecule has 3 N–H and O–H groups in total.